The van der Waals surface area contributed by atoms with E-state index in [0.29, 0.717) is 12.6 Å². The molecule has 0 heterocycles. The summed E-state index contributed by atoms with van der Waals surface area (Å²) in [5, 5.41) is 3.39. The van der Waals surface area contributed by atoms with E-state index in [1.165, 1.54) is 16.7 Å². The molecule has 2 aromatic carbocycles. The maximum absolute atomic E-state index is 5.49. The molecule has 1 unspecified atom stereocenters. The standard InChI is InChI=1S/C18H23NO/c1-4-20-17-11-9-16(10-12-17)18(19-3)13-15-7-5-14(2)6-8-15/h5-12,18-19H,4,13H2,1-3H3. The van der Waals surface area contributed by atoms with Gasteiger partial charge in [-0.05, 0) is 50.6 Å². The Bertz CT molecular complexity index is 516. The molecule has 0 aromatic heterocycles. The molecule has 0 aliphatic carbocycles. The van der Waals surface area contributed by atoms with Crippen molar-refractivity contribution in [3.63, 3.8) is 0 Å². The van der Waals surface area contributed by atoms with Crippen LogP contribution in [-0.2, 0) is 6.42 Å². The van der Waals surface area contributed by atoms with Gasteiger partial charge >= 0.3 is 0 Å². The summed E-state index contributed by atoms with van der Waals surface area (Å²) in [7, 11) is 2.01. The molecule has 20 heavy (non-hydrogen) atoms. The van der Waals surface area contributed by atoms with Gasteiger partial charge in [-0.15, -0.1) is 0 Å². The van der Waals surface area contributed by atoms with Gasteiger partial charge in [-0.25, -0.2) is 0 Å². The average Bonchev–Trinajstić information content (AvgIpc) is 2.48. The quantitative estimate of drug-likeness (QED) is 0.859. The number of likely N-dealkylation sites (N-methyl/N-ethyl adjacent to an activating group) is 1. The minimum absolute atomic E-state index is 0.327. The molecule has 1 atom stereocenters. The van der Waals surface area contributed by atoms with E-state index in [9.17, 15) is 0 Å². The molecule has 0 radical (unpaired) electrons. The van der Waals surface area contributed by atoms with Gasteiger partial charge in [0.05, 0.1) is 6.61 Å². The largest absolute Gasteiger partial charge is 0.494 e. The lowest BCUT2D eigenvalue weighted by molar-refractivity contribution is 0.340. The second-order valence-electron chi connectivity index (χ2n) is 5.03. The molecule has 1 N–H and O–H groups in total. The summed E-state index contributed by atoms with van der Waals surface area (Å²) >= 11 is 0. The van der Waals surface area contributed by atoms with Gasteiger partial charge in [-0.3, -0.25) is 0 Å². The van der Waals surface area contributed by atoms with Gasteiger partial charge in [-0.1, -0.05) is 42.0 Å². The molecule has 106 valence electrons. The van der Waals surface area contributed by atoms with E-state index in [4.69, 9.17) is 4.74 Å². The fourth-order valence-corrected chi connectivity index (χ4v) is 2.31. The molecule has 0 aliphatic heterocycles. The molecule has 0 aliphatic rings. The van der Waals surface area contributed by atoms with Gasteiger partial charge in [0.1, 0.15) is 5.75 Å². The zero-order valence-electron chi connectivity index (χ0n) is 12.5. The van der Waals surface area contributed by atoms with Crippen molar-refractivity contribution in [2.75, 3.05) is 13.7 Å². The predicted molar refractivity (Wildman–Crippen MR) is 84.3 cm³/mol. The van der Waals surface area contributed by atoms with Crippen molar-refractivity contribution in [3.05, 3.63) is 65.2 Å². The molecular weight excluding hydrogens is 246 g/mol. The molecule has 0 bridgehead atoms. The first-order chi connectivity index (χ1) is 9.72. The molecule has 0 spiro atoms. The SMILES string of the molecule is CCOc1ccc(C(Cc2ccc(C)cc2)NC)cc1. The monoisotopic (exact) mass is 269 g/mol. The lowest BCUT2D eigenvalue weighted by Crippen LogP contribution is -2.18. The highest BCUT2D eigenvalue weighted by Gasteiger charge is 2.10. The van der Waals surface area contributed by atoms with E-state index >= 15 is 0 Å². The summed E-state index contributed by atoms with van der Waals surface area (Å²) in [4.78, 5) is 0. The van der Waals surface area contributed by atoms with E-state index in [0.717, 1.165) is 12.2 Å². The number of hydrogen-bond acceptors (Lipinski definition) is 2. The topological polar surface area (TPSA) is 21.3 Å². The van der Waals surface area contributed by atoms with E-state index in [2.05, 4.69) is 48.6 Å². The van der Waals surface area contributed by atoms with Crippen LogP contribution in [0.15, 0.2) is 48.5 Å². The van der Waals surface area contributed by atoms with Crippen LogP contribution in [0.4, 0.5) is 0 Å². The van der Waals surface area contributed by atoms with E-state index < -0.39 is 0 Å². The summed E-state index contributed by atoms with van der Waals surface area (Å²) < 4.78 is 5.49. The fraction of sp³-hybridized carbons (Fsp3) is 0.333. The number of benzene rings is 2. The Balaban J connectivity index is 2.09. The minimum Gasteiger partial charge on any atom is -0.494 e. The number of rotatable bonds is 6. The summed E-state index contributed by atoms with van der Waals surface area (Å²) in [6.45, 7) is 4.83. The normalized spacial score (nSPS) is 12.2. The van der Waals surface area contributed by atoms with Crippen molar-refractivity contribution in [1.29, 1.82) is 0 Å². The Morgan fingerprint density at radius 3 is 2.20 bits per heavy atom. The Kier molecular flexibility index (Phi) is 5.19. The molecule has 0 saturated heterocycles. The fourth-order valence-electron chi connectivity index (χ4n) is 2.31. The molecule has 2 rings (SSSR count). The van der Waals surface area contributed by atoms with Gasteiger partial charge in [-0.2, -0.15) is 0 Å². The van der Waals surface area contributed by atoms with Crippen LogP contribution in [0.1, 0.15) is 29.7 Å². The zero-order valence-corrected chi connectivity index (χ0v) is 12.5. The highest BCUT2D eigenvalue weighted by molar-refractivity contribution is 5.31. The molecule has 2 heteroatoms. The number of aryl methyl sites for hydroxylation is 1. The van der Waals surface area contributed by atoms with Crippen molar-refractivity contribution in [2.45, 2.75) is 26.3 Å². The third-order valence-electron chi connectivity index (χ3n) is 3.50. The van der Waals surface area contributed by atoms with Gasteiger partial charge in [0.15, 0.2) is 0 Å². The Morgan fingerprint density at radius 1 is 1.00 bits per heavy atom. The van der Waals surface area contributed by atoms with E-state index in [1.54, 1.807) is 0 Å². The third-order valence-corrected chi connectivity index (χ3v) is 3.50. The van der Waals surface area contributed by atoms with Gasteiger partial charge in [0.25, 0.3) is 0 Å². The average molecular weight is 269 g/mol. The van der Waals surface area contributed by atoms with Gasteiger partial charge < -0.3 is 10.1 Å². The van der Waals surface area contributed by atoms with E-state index in [1.807, 2.05) is 26.1 Å². The first kappa shape index (κ1) is 14.6. The molecule has 2 nitrogen and oxygen atoms in total. The Labute approximate surface area is 121 Å². The maximum atomic E-state index is 5.49. The van der Waals surface area contributed by atoms with Crippen LogP contribution in [-0.4, -0.2) is 13.7 Å². The molecule has 0 saturated carbocycles. The smallest absolute Gasteiger partial charge is 0.119 e. The first-order valence-electron chi connectivity index (χ1n) is 7.18. The zero-order chi connectivity index (χ0) is 14.4. The van der Waals surface area contributed by atoms with Gasteiger partial charge in [0.2, 0.25) is 0 Å². The highest BCUT2D eigenvalue weighted by atomic mass is 16.5. The molecule has 0 amide bonds. The highest BCUT2D eigenvalue weighted by Crippen LogP contribution is 2.21. The summed E-state index contributed by atoms with van der Waals surface area (Å²) in [6.07, 6.45) is 0.991. The number of hydrogen-bond donors (Lipinski definition) is 1. The van der Waals surface area contributed by atoms with Crippen molar-refractivity contribution in [3.8, 4) is 5.75 Å². The lowest BCUT2D eigenvalue weighted by atomic mass is 9.98. The van der Waals surface area contributed by atoms with Crippen LogP contribution in [0.5, 0.6) is 5.75 Å². The van der Waals surface area contributed by atoms with E-state index in [-0.39, 0.29) is 0 Å². The maximum Gasteiger partial charge on any atom is 0.119 e. The van der Waals surface area contributed by atoms with Gasteiger partial charge in [0, 0.05) is 6.04 Å². The van der Waals surface area contributed by atoms with Crippen LogP contribution in [0.25, 0.3) is 0 Å². The van der Waals surface area contributed by atoms with Crippen molar-refractivity contribution in [1.82, 2.24) is 5.32 Å². The minimum atomic E-state index is 0.327. The Morgan fingerprint density at radius 2 is 1.65 bits per heavy atom. The lowest BCUT2D eigenvalue weighted by Gasteiger charge is -2.17. The predicted octanol–water partition coefficient (Wildman–Crippen LogP) is 3.90. The molecular formula is C18H23NO. The van der Waals surface area contributed by atoms with Crippen LogP contribution < -0.4 is 10.1 Å². The summed E-state index contributed by atoms with van der Waals surface area (Å²) in [5.41, 5.74) is 3.94. The summed E-state index contributed by atoms with van der Waals surface area (Å²) in [5.74, 6) is 0.932. The van der Waals surface area contributed by atoms with Crippen LogP contribution >= 0.6 is 0 Å². The number of ether oxygens (including phenoxy) is 1. The second kappa shape index (κ2) is 7.11. The summed E-state index contributed by atoms with van der Waals surface area (Å²) in [6, 6.07) is 17.4. The first-order valence-corrected chi connectivity index (χ1v) is 7.18. The Hall–Kier alpha value is -1.80. The molecule has 2 aromatic rings. The molecule has 0 fully saturated rings. The third kappa shape index (κ3) is 3.84. The van der Waals surface area contributed by atoms with Crippen molar-refractivity contribution >= 4 is 0 Å². The van der Waals surface area contributed by atoms with Crippen LogP contribution in [0.2, 0.25) is 0 Å². The van der Waals surface area contributed by atoms with Crippen LogP contribution in [0, 0.1) is 6.92 Å². The second-order valence-corrected chi connectivity index (χ2v) is 5.03. The number of nitrogens with one attached hydrogen (secondary N) is 1. The van der Waals surface area contributed by atoms with Crippen molar-refractivity contribution in [2.24, 2.45) is 0 Å². The van der Waals surface area contributed by atoms with Crippen molar-refractivity contribution < 1.29 is 4.74 Å². The van der Waals surface area contributed by atoms with Crippen LogP contribution in [0.3, 0.4) is 0 Å².